The molecule has 0 aromatic heterocycles. The highest BCUT2D eigenvalue weighted by molar-refractivity contribution is 7.80. The Morgan fingerprint density at radius 3 is 2.00 bits per heavy atom. The van der Waals surface area contributed by atoms with Crippen molar-refractivity contribution in [2.45, 2.75) is 9.96 Å². The normalized spacial score (nSPS) is 11.8. The van der Waals surface area contributed by atoms with Gasteiger partial charge < -0.3 is 30.2 Å². The Kier molecular flexibility index (Phi) is 8.81. The molecule has 0 radical (unpaired) electrons. The molecular formula is C19H19Cl3FN3O4S. The van der Waals surface area contributed by atoms with Gasteiger partial charge in [0, 0.05) is 11.3 Å². The Balaban J connectivity index is 2.19. The summed E-state index contributed by atoms with van der Waals surface area (Å²) < 4.78 is 26.8. The Hall–Kier alpha value is -2.20. The van der Waals surface area contributed by atoms with Crippen LogP contribution in [0.3, 0.4) is 0 Å². The number of rotatable bonds is 7. The minimum Gasteiger partial charge on any atom is -0.493 e. The first-order chi connectivity index (χ1) is 14.6. The summed E-state index contributed by atoms with van der Waals surface area (Å²) >= 11 is 23.2. The third-order valence-corrected chi connectivity index (χ3v) is 4.78. The fraction of sp³-hybridized carbons (Fsp3) is 0.263. The van der Waals surface area contributed by atoms with Gasteiger partial charge in [0.25, 0.3) is 5.91 Å². The smallest absolute Gasteiger partial charge is 0.253 e. The third kappa shape index (κ3) is 6.90. The molecule has 31 heavy (non-hydrogen) atoms. The molecule has 0 fully saturated rings. The molecule has 0 saturated carbocycles. The standard InChI is InChI=1S/C19H19Cl3FN3O4S/c1-28-13-8-10(9-14(29-2)15(13)30-3)16(27)25-17(19(20,21)22)26-18(31)24-12-6-4-11(23)5-7-12/h4-9,17H,1-3H3,(H,25,27)(H2,24,26,31). The number of thiocarbonyl (C=S) groups is 1. The van der Waals surface area contributed by atoms with Crippen LogP contribution >= 0.6 is 47.0 Å². The molecule has 3 N–H and O–H groups in total. The number of carbonyl (C=O) groups excluding carboxylic acids is 1. The van der Waals surface area contributed by atoms with Crippen LogP contribution in [0.2, 0.25) is 0 Å². The molecule has 0 saturated heterocycles. The van der Waals surface area contributed by atoms with Gasteiger partial charge >= 0.3 is 0 Å². The number of amides is 1. The average molecular weight is 511 g/mol. The Morgan fingerprint density at radius 2 is 1.55 bits per heavy atom. The molecule has 1 unspecified atom stereocenters. The number of benzene rings is 2. The highest BCUT2D eigenvalue weighted by Gasteiger charge is 2.35. The molecule has 0 spiro atoms. The average Bonchev–Trinajstić information content (AvgIpc) is 2.72. The van der Waals surface area contributed by atoms with E-state index < -0.39 is 21.7 Å². The first-order valence-corrected chi connectivity index (χ1v) is 10.1. The van der Waals surface area contributed by atoms with Crippen molar-refractivity contribution >= 4 is 63.7 Å². The number of nitrogens with one attached hydrogen (secondary N) is 3. The van der Waals surface area contributed by atoms with E-state index in [0.29, 0.717) is 11.4 Å². The van der Waals surface area contributed by atoms with Gasteiger partial charge in [-0.2, -0.15) is 0 Å². The quantitative estimate of drug-likeness (QED) is 0.292. The van der Waals surface area contributed by atoms with Gasteiger partial charge in [0.05, 0.1) is 21.3 Å². The number of anilines is 1. The monoisotopic (exact) mass is 509 g/mol. The van der Waals surface area contributed by atoms with Crippen molar-refractivity contribution in [3.05, 3.63) is 47.8 Å². The largest absolute Gasteiger partial charge is 0.493 e. The zero-order chi connectivity index (χ0) is 23.2. The summed E-state index contributed by atoms with van der Waals surface area (Å²) in [5.41, 5.74) is 0.658. The summed E-state index contributed by atoms with van der Waals surface area (Å²) in [5.74, 6) is -0.131. The molecule has 1 amide bonds. The van der Waals surface area contributed by atoms with Crippen molar-refractivity contribution in [3.8, 4) is 17.2 Å². The molecule has 168 valence electrons. The van der Waals surface area contributed by atoms with E-state index in [1.165, 1.54) is 57.7 Å². The lowest BCUT2D eigenvalue weighted by molar-refractivity contribution is 0.0933. The van der Waals surface area contributed by atoms with Crippen LogP contribution in [-0.4, -0.2) is 42.3 Å². The maximum absolute atomic E-state index is 13.0. The van der Waals surface area contributed by atoms with Gasteiger partial charge in [-0.1, -0.05) is 34.8 Å². The molecule has 0 heterocycles. The van der Waals surface area contributed by atoms with Crippen molar-refractivity contribution in [2.24, 2.45) is 0 Å². The minimum absolute atomic E-state index is 0.0353. The number of ether oxygens (including phenoxy) is 3. The van der Waals surface area contributed by atoms with E-state index in [1.54, 1.807) is 0 Å². The van der Waals surface area contributed by atoms with Gasteiger partial charge in [-0.15, -0.1) is 0 Å². The second-order valence-corrected chi connectivity index (χ2v) is 8.74. The third-order valence-electron chi connectivity index (χ3n) is 3.91. The van der Waals surface area contributed by atoms with E-state index in [2.05, 4.69) is 16.0 Å². The second kappa shape index (κ2) is 10.9. The summed E-state index contributed by atoms with van der Waals surface area (Å²) in [7, 11) is 4.28. The Labute approximate surface area is 199 Å². The predicted molar refractivity (Wildman–Crippen MR) is 123 cm³/mol. The first-order valence-electron chi connectivity index (χ1n) is 8.59. The van der Waals surface area contributed by atoms with Crippen molar-refractivity contribution in [1.82, 2.24) is 10.6 Å². The van der Waals surface area contributed by atoms with Crippen LogP contribution < -0.4 is 30.2 Å². The van der Waals surface area contributed by atoms with E-state index in [9.17, 15) is 9.18 Å². The van der Waals surface area contributed by atoms with Crippen LogP contribution in [0, 0.1) is 5.82 Å². The van der Waals surface area contributed by atoms with Crippen molar-refractivity contribution < 1.29 is 23.4 Å². The first kappa shape index (κ1) is 25.1. The van der Waals surface area contributed by atoms with Crippen molar-refractivity contribution in [3.63, 3.8) is 0 Å². The SMILES string of the molecule is COc1cc(C(=O)NC(NC(=S)Nc2ccc(F)cc2)C(Cl)(Cl)Cl)cc(OC)c1OC. The van der Waals surface area contributed by atoms with Crippen LogP contribution in [0.15, 0.2) is 36.4 Å². The van der Waals surface area contributed by atoms with Gasteiger partial charge in [-0.3, -0.25) is 4.79 Å². The van der Waals surface area contributed by atoms with Crippen LogP contribution in [-0.2, 0) is 0 Å². The molecular weight excluding hydrogens is 492 g/mol. The maximum atomic E-state index is 13.0. The summed E-state index contributed by atoms with van der Waals surface area (Å²) in [5, 5.41) is 8.11. The predicted octanol–water partition coefficient (Wildman–Crippen LogP) is 4.26. The number of methoxy groups -OCH3 is 3. The van der Waals surface area contributed by atoms with Crippen LogP contribution in [0.25, 0.3) is 0 Å². The van der Waals surface area contributed by atoms with Gasteiger partial charge in [0.1, 0.15) is 12.0 Å². The summed E-state index contributed by atoms with van der Waals surface area (Å²) in [6.07, 6.45) is -1.22. The molecule has 12 heteroatoms. The Morgan fingerprint density at radius 1 is 1.00 bits per heavy atom. The lowest BCUT2D eigenvalue weighted by Gasteiger charge is -2.28. The topological polar surface area (TPSA) is 80.9 Å². The highest BCUT2D eigenvalue weighted by Crippen LogP contribution is 2.38. The van der Waals surface area contributed by atoms with Crippen LogP contribution in [0.4, 0.5) is 10.1 Å². The Bertz CT molecular complexity index is 917. The lowest BCUT2D eigenvalue weighted by atomic mass is 10.1. The second-order valence-electron chi connectivity index (χ2n) is 5.97. The van der Waals surface area contributed by atoms with E-state index in [4.69, 9.17) is 61.2 Å². The fourth-order valence-electron chi connectivity index (χ4n) is 2.46. The fourth-order valence-corrected chi connectivity index (χ4v) is 3.02. The summed E-state index contributed by atoms with van der Waals surface area (Å²) in [6.45, 7) is 0. The van der Waals surface area contributed by atoms with Crippen molar-refractivity contribution in [2.75, 3.05) is 26.6 Å². The zero-order valence-corrected chi connectivity index (χ0v) is 19.7. The molecule has 0 aliphatic rings. The molecule has 2 aromatic rings. The summed E-state index contributed by atoms with van der Waals surface area (Å²) in [6, 6.07) is 8.35. The highest BCUT2D eigenvalue weighted by atomic mass is 35.6. The van der Waals surface area contributed by atoms with Gasteiger partial charge in [0.15, 0.2) is 16.6 Å². The molecule has 0 bridgehead atoms. The number of halogens is 4. The van der Waals surface area contributed by atoms with E-state index in [0.717, 1.165) is 0 Å². The molecule has 7 nitrogen and oxygen atoms in total. The molecule has 0 aliphatic heterocycles. The minimum atomic E-state index is -1.97. The van der Waals surface area contributed by atoms with E-state index in [1.807, 2.05) is 0 Å². The number of hydrogen-bond donors (Lipinski definition) is 3. The van der Waals surface area contributed by atoms with Gasteiger partial charge in [0.2, 0.25) is 9.54 Å². The molecule has 2 aromatic carbocycles. The summed E-state index contributed by atoms with van der Waals surface area (Å²) in [4.78, 5) is 12.8. The maximum Gasteiger partial charge on any atom is 0.253 e. The van der Waals surface area contributed by atoms with Crippen molar-refractivity contribution in [1.29, 1.82) is 0 Å². The van der Waals surface area contributed by atoms with E-state index >= 15 is 0 Å². The van der Waals surface area contributed by atoms with Gasteiger partial charge in [-0.05, 0) is 48.6 Å². The molecule has 1 atom stereocenters. The lowest BCUT2D eigenvalue weighted by Crippen LogP contribution is -2.56. The number of alkyl halides is 3. The number of carbonyl (C=O) groups is 1. The molecule has 2 rings (SSSR count). The van der Waals surface area contributed by atoms with Crippen LogP contribution in [0.5, 0.6) is 17.2 Å². The van der Waals surface area contributed by atoms with Crippen LogP contribution in [0.1, 0.15) is 10.4 Å². The zero-order valence-electron chi connectivity index (χ0n) is 16.6. The molecule has 0 aliphatic carbocycles. The van der Waals surface area contributed by atoms with E-state index in [-0.39, 0.29) is 22.2 Å². The van der Waals surface area contributed by atoms with Gasteiger partial charge in [-0.25, -0.2) is 4.39 Å². The number of hydrogen-bond acceptors (Lipinski definition) is 5.